The number of hydrogen-bond donors (Lipinski definition) is 0. The van der Waals surface area contributed by atoms with Gasteiger partial charge in [0.05, 0.1) is 17.8 Å². The molecule has 1 aromatic rings. The van der Waals surface area contributed by atoms with Crippen molar-refractivity contribution in [1.29, 1.82) is 0 Å². The lowest BCUT2D eigenvalue weighted by molar-refractivity contribution is 0.00578. The predicted molar refractivity (Wildman–Crippen MR) is 123 cm³/mol. The van der Waals surface area contributed by atoms with Crippen molar-refractivity contribution in [1.82, 2.24) is 4.90 Å². The normalized spacial score (nSPS) is 21.3. The first kappa shape index (κ1) is 23.9. The lowest BCUT2D eigenvalue weighted by Gasteiger charge is -2.33. The molecule has 1 amide bonds. The van der Waals surface area contributed by atoms with Gasteiger partial charge in [-0.2, -0.15) is 0 Å². The van der Waals surface area contributed by atoms with Crippen molar-refractivity contribution < 1.29 is 23.6 Å². The summed E-state index contributed by atoms with van der Waals surface area (Å²) >= 11 is 0. The van der Waals surface area contributed by atoms with Crippen molar-refractivity contribution in [3.63, 3.8) is 0 Å². The van der Waals surface area contributed by atoms with Gasteiger partial charge in [-0.05, 0) is 91.2 Å². The fraction of sp³-hybridized carbons (Fsp3) is 0.708. The molecule has 6 nitrogen and oxygen atoms in total. The van der Waals surface area contributed by atoms with Crippen LogP contribution in [0.15, 0.2) is 18.2 Å². The molecular formula is C24H38BNO5. The second-order valence-electron chi connectivity index (χ2n) is 10.8. The molecule has 31 heavy (non-hydrogen) atoms. The molecule has 0 aromatic heterocycles. The van der Waals surface area contributed by atoms with Crippen LogP contribution in [0.3, 0.4) is 0 Å². The highest BCUT2D eigenvalue weighted by Crippen LogP contribution is 2.36. The fourth-order valence-corrected chi connectivity index (χ4v) is 3.78. The number of likely N-dealkylation sites (tertiary alicyclic amines) is 1. The van der Waals surface area contributed by atoms with E-state index in [4.69, 9.17) is 18.8 Å². The van der Waals surface area contributed by atoms with Crippen LogP contribution in [0.25, 0.3) is 0 Å². The number of carbonyl (C=O) groups is 1. The Balaban J connectivity index is 1.51. The minimum Gasteiger partial charge on any atom is -0.493 e. The van der Waals surface area contributed by atoms with Gasteiger partial charge in [-0.25, -0.2) is 4.79 Å². The standard InChI is InChI=1S/C24H38BNO5/c1-17-15-19(25-30-23(5,6)24(7,8)31-25)9-10-20(17)28-16-18-11-13-26(14-12-18)21(27)29-22(2,3)4/h9-10,15,18H,11-14,16H2,1-8H3. The smallest absolute Gasteiger partial charge is 0.493 e. The minimum absolute atomic E-state index is 0.221. The van der Waals surface area contributed by atoms with Gasteiger partial charge in [0.25, 0.3) is 0 Å². The average molecular weight is 431 g/mol. The molecule has 2 aliphatic heterocycles. The third kappa shape index (κ3) is 5.75. The topological polar surface area (TPSA) is 57.2 Å². The van der Waals surface area contributed by atoms with Crippen LogP contribution in [0.5, 0.6) is 5.75 Å². The molecule has 0 aliphatic carbocycles. The maximum Gasteiger partial charge on any atom is 0.494 e. The zero-order valence-corrected chi connectivity index (χ0v) is 20.4. The van der Waals surface area contributed by atoms with Crippen LogP contribution in [-0.4, -0.2) is 54.6 Å². The second-order valence-corrected chi connectivity index (χ2v) is 10.8. The van der Waals surface area contributed by atoms with Gasteiger partial charge in [-0.1, -0.05) is 12.1 Å². The summed E-state index contributed by atoms with van der Waals surface area (Å²) in [5.74, 6) is 1.32. The number of piperidine rings is 1. The number of benzene rings is 1. The molecule has 0 spiro atoms. The number of ether oxygens (including phenoxy) is 2. The molecule has 3 rings (SSSR count). The summed E-state index contributed by atoms with van der Waals surface area (Å²) in [5.41, 5.74) is 0.914. The number of amides is 1. The van der Waals surface area contributed by atoms with Gasteiger partial charge in [0.2, 0.25) is 0 Å². The summed E-state index contributed by atoms with van der Waals surface area (Å²) < 4.78 is 23.9. The average Bonchev–Trinajstić information content (AvgIpc) is 2.87. The van der Waals surface area contributed by atoms with Crippen molar-refractivity contribution in [2.24, 2.45) is 5.92 Å². The zero-order chi connectivity index (χ0) is 23.0. The van der Waals surface area contributed by atoms with Gasteiger partial charge in [-0.3, -0.25) is 0 Å². The van der Waals surface area contributed by atoms with Gasteiger partial charge in [-0.15, -0.1) is 0 Å². The summed E-state index contributed by atoms with van der Waals surface area (Å²) in [7, 11) is -0.366. The highest BCUT2D eigenvalue weighted by Gasteiger charge is 2.51. The molecule has 2 aliphatic rings. The minimum atomic E-state index is -0.458. The van der Waals surface area contributed by atoms with Gasteiger partial charge >= 0.3 is 13.2 Å². The quantitative estimate of drug-likeness (QED) is 0.665. The summed E-state index contributed by atoms with van der Waals surface area (Å²) in [6.45, 7) is 18.1. The Morgan fingerprint density at radius 1 is 1.13 bits per heavy atom. The number of nitrogens with zero attached hydrogens (tertiary/aromatic N) is 1. The molecule has 0 atom stereocenters. The van der Waals surface area contributed by atoms with E-state index in [1.807, 2.05) is 32.9 Å². The first-order valence-electron chi connectivity index (χ1n) is 11.3. The summed E-state index contributed by atoms with van der Waals surface area (Å²) in [6.07, 6.45) is 1.62. The lowest BCUT2D eigenvalue weighted by atomic mass is 9.78. The van der Waals surface area contributed by atoms with E-state index in [1.54, 1.807) is 4.90 Å². The van der Waals surface area contributed by atoms with Crippen molar-refractivity contribution in [2.45, 2.75) is 85.0 Å². The second kappa shape index (κ2) is 8.66. The van der Waals surface area contributed by atoms with Crippen LogP contribution in [0.4, 0.5) is 4.79 Å². The molecule has 172 valence electrons. The molecular weight excluding hydrogens is 393 g/mol. The Morgan fingerprint density at radius 2 is 1.71 bits per heavy atom. The molecule has 0 bridgehead atoms. The van der Waals surface area contributed by atoms with Gasteiger partial charge in [0.15, 0.2) is 0 Å². The third-order valence-electron chi connectivity index (χ3n) is 6.47. The van der Waals surface area contributed by atoms with Gasteiger partial charge < -0.3 is 23.7 Å². The molecule has 2 heterocycles. The first-order valence-corrected chi connectivity index (χ1v) is 11.3. The van der Waals surface area contributed by atoms with Crippen LogP contribution >= 0.6 is 0 Å². The van der Waals surface area contributed by atoms with E-state index in [2.05, 4.69) is 40.7 Å². The summed E-state index contributed by atoms with van der Waals surface area (Å²) in [5, 5.41) is 0. The number of aryl methyl sites for hydroxylation is 1. The highest BCUT2D eigenvalue weighted by atomic mass is 16.7. The SMILES string of the molecule is Cc1cc(B2OC(C)(C)C(C)(C)O2)ccc1OCC1CCN(C(=O)OC(C)(C)C)CC1. The molecule has 0 N–H and O–H groups in total. The van der Waals surface area contributed by atoms with Crippen molar-refractivity contribution in [2.75, 3.05) is 19.7 Å². The maximum atomic E-state index is 12.2. The van der Waals surface area contributed by atoms with E-state index in [1.165, 1.54) is 0 Å². The molecule has 7 heteroatoms. The van der Waals surface area contributed by atoms with Crippen LogP contribution < -0.4 is 10.2 Å². The van der Waals surface area contributed by atoms with E-state index >= 15 is 0 Å². The largest absolute Gasteiger partial charge is 0.494 e. The fourth-order valence-electron chi connectivity index (χ4n) is 3.78. The Labute approximate surface area is 187 Å². The van der Waals surface area contributed by atoms with Crippen LogP contribution in [0.1, 0.15) is 66.9 Å². The Hall–Kier alpha value is -1.73. The monoisotopic (exact) mass is 431 g/mol. The van der Waals surface area contributed by atoms with Crippen LogP contribution in [0, 0.1) is 12.8 Å². The van der Waals surface area contributed by atoms with Gasteiger partial charge in [0.1, 0.15) is 11.4 Å². The molecule has 0 saturated carbocycles. The molecule has 0 radical (unpaired) electrons. The van der Waals surface area contributed by atoms with Crippen molar-refractivity contribution in [3.8, 4) is 5.75 Å². The maximum absolute atomic E-state index is 12.2. The van der Waals surface area contributed by atoms with E-state index in [0.29, 0.717) is 25.6 Å². The molecule has 0 unspecified atom stereocenters. The Bertz CT molecular complexity index is 778. The van der Waals surface area contributed by atoms with Crippen LogP contribution in [0.2, 0.25) is 0 Å². The Kier molecular flexibility index (Phi) is 6.69. The van der Waals surface area contributed by atoms with Crippen LogP contribution in [-0.2, 0) is 14.0 Å². The number of hydrogen-bond acceptors (Lipinski definition) is 5. The predicted octanol–water partition coefficient (Wildman–Crippen LogP) is 4.32. The third-order valence-corrected chi connectivity index (χ3v) is 6.47. The van der Waals surface area contributed by atoms with E-state index in [-0.39, 0.29) is 24.4 Å². The summed E-state index contributed by atoms with van der Waals surface area (Å²) in [6, 6.07) is 6.11. The summed E-state index contributed by atoms with van der Waals surface area (Å²) in [4.78, 5) is 14.0. The zero-order valence-electron chi connectivity index (χ0n) is 20.4. The lowest BCUT2D eigenvalue weighted by Crippen LogP contribution is -2.42. The molecule has 2 saturated heterocycles. The Morgan fingerprint density at radius 3 is 2.23 bits per heavy atom. The molecule has 2 fully saturated rings. The van der Waals surface area contributed by atoms with E-state index in [0.717, 1.165) is 29.6 Å². The van der Waals surface area contributed by atoms with Gasteiger partial charge in [0, 0.05) is 13.1 Å². The van der Waals surface area contributed by atoms with Crippen molar-refractivity contribution in [3.05, 3.63) is 23.8 Å². The number of rotatable bonds is 4. The van der Waals surface area contributed by atoms with E-state index < -0.39 is 5.60 Å². The molecule has 1 aromatic carbocycles. The van der Waals surface area contributed by atoms with E-state index in [9.17, 15) is 4.79 Å². The number of carbonyl (C=O) groups excluding carboxylic acids is 1. The highest BCUT2D eigenvalue weighted by molar-refractivity contribution is 6.62. The first-order chi connectivity index (χ1) is 14.3. The van der Waals surface area contributed by atoms with Crippen molar-refractivity contribution >= 4 is 18.7 Å².